The zero-order valence-corrected chi connectivity index (χ0v) is 18.0. The maximum Gasteiger partial charge on any atom is 0.255 e. The van der Waals surface area contributed by atoms with Crippen molar-refractivity contribution in [3.8, 4) is 0 Å². The predicted molar refractivity (Wildman–Crippen MR) is 110 cm³/mol. The number of carbonyl (C=O) groups is 1. The van der Waals surface area contributed by atoms with E-state index in [1.807, 2.05) is 14.1 Å². The molecule has 10 heteroatoms. The highest BCUT2D eigenvalue weighted by Crippen LogP contribution is 2.28. The number of nitrogens with one attached hydrogen (secondary N) is 1. The highest BCUT2D eigenvalue weighted by atomic mass is 79.9. The number of carbonyl (C=O) groups excluding carboxylic acids is 1. The number of hydrogen-bond acceptors (Lipinski definition) is 6. The number of benzene rings is 1. The molecule has 0 spiro atoms. The van der Waals surface area contributed by atoms with Crippen molar-refractivity contribution in [3.63, 3.8) is 0 Å². The second kappa shape index (κ2) is 8.56. The van der Waals surface area contributed by atoms with E-state index in [4.69, 9.17) is 4.74 Å². The number of hydrogen-bond donors (Lipinski definition) is 1. The Morgan fingerprint density at radius 2 is 1.96 bits per heavy atom. The average molecular weight is 469 g/mol. The Hall–Kier alpha value is -2.01. The molecule has 1 amide bonds. The molecule has 0 unspecified atom stereocenters. The average Bonchev–Trinajstić information content (AvgIpc) is 2.69. The number of morpholine rings is 1. The summed E-state index contributed by atoms with van der Waals surface area (Å²) < 4.78 is 33.0. The fraction of sp³-hybridized carbons (Fsp3) is 0.333. The van der Waals surface area contributed by atoms with Gasteiger partial charge in [0.05, 0.1) is 23.8 Å². The summed E-state index contributed by atoms with van der Waals surface area (Å²) in [4.78, 5) is 18.8. The van der Waals surface area contributed by atoms with Crippen molar-refractivity contribution in [2.24, 2.45) is 0 Å². The van der Waals surface area contributed by atoms with Crippen molar-refractivity contribution in [2.45, 2.75) is 4.90 Å². The van der Waals surface area contributed by atoms with E-state index < -0.39 is 15.9 Å². The number of rotatable bonds is 5. The number of anilines is 2. The first-order valence-electron chi connectivity index (χ1n) is 8.62. The van der Waals surface area contributed by atoms with Gasteiger partial charge in [0, 0.05) is 43.4 Å². The van der Waals surface area contributed by atoms with Crippen LogP contribution >= 0.6 is 15.9 Å². The molecule has 0 aliphatic carbocycles. The first kappa shape index (κ1) is 20.7. The van der Waals surface area contributed by atoms with E-state index in [-0.39, 0.29) is 23.5 Å². The van der Waals surface area contributed by atoms with Crippen LogP contribution in [0.5, 0.6) is 0 Å². The molecular formula is C18H21BrN4O4S. The molecule has 1 aliphatic rings. The summed E-state index contributed by atoms with van der Waals surface area (Å²) in [6.07, 6.45) is 1.64. The summed E-state index contributed by atoms with van der Waals surface area (Å²) in [6, 6.07) is 7.99. The van der Waals surface area contributed by atoms with Gasteiger partial charge in [-0.25, -0.2) is 13.4 Å². The molecule has 1 aromatic carbocycles. The largest absolute Gasteiger partial charge is 0.379 e. The first-order chi connectivity index (χ1) is 13.3. The number of ether oxygens (including phenoxy) is 1. The second-order valence-corrected chi connectivity index (χ2v) is 9.15. The molecule has 2 heterocycles. The Balaban J connectivity index is 1.90. The number of halogens is 1. The van der Waals surface area contributed by atoms with Gasteiger partial charge < -0.3 is 15.0 Å². The lowest BCUT2D eigenvalue weighted by molar-refractivity contribution is 0.0730. The van der Waals surface area contributed by atoms with Gasteiger partial charge in [0.15, 0.2) is 5.82 Å². The predicted octanol–water partition coefficient (Wildman–Crippen LogP) is 2.18. The summed E-state index contributed by atoms with van der Waals surface area (Å²) in [5.41, 5.74) is 0.779. The molecule has 8 nitrogen and oxygen atoms in total. The van der Waals surface area contributed by atoms with Crippen molar-refractivity contribution >= 4 is 43.4 Å². The van der Waals surface area contributed by atoms with Crippen LogP contribution in [0, 0.1) is 0 Å². The van der Waals surface area contributed by atoms with Crippen molar-refractivity contribution < 1.29 is 17.9 Å². The standard InChI is InChI=1S/C18H21BrN4O4S/c1-22(2)17-15(4-3-7-20-17)21-18(24)13-5-6-14(19)16(12-13)28(25,26)23-8-10-27-11-9-23/h3-7,12H,8-11H2,1-2H3,(H,21,24). The summed E-state index contributed by atoms with van der Waals surface area (Å²) in [7, 11) is -0.0892. The lowest BCUT2D eigenvalue weighted by Gasteiger charge is -2.26. The fourth-order valence-electron chi connectivity index (χ4n) is 2.81. The third-order valence-electron chi connectivity index (χ3n) is 4.24. The maximum absolute atomic E-state index is 13.0. The highest BCUT2D eigenvalue weighted by Gasteiger charge is 2.29. The van der Waals surface area contributed by atoms with Gasteiger partial charge in [0.25, 0.3) is 5.91 Å². The Labute approximate surface area is 172 Å². The Kier molecular flexibility index (Phi) is 6.33. The molecule has 3 rings (SSSR count). The molecule has 1 N–H and O–H groups in total. The van der Waals surface area contributed by atoms with Crippen LogP contribution in [0.3, 0.4) is 0 Å². The summed E-state index contributed by atoms with van der Waals surface area (Å²) in [5.74, 6) is 0.191. The van der Waals surface area contributed by atoms with Crippen molar-refractivity contribution in [2.75, 3.05) is 50.6 Å². The minimum absolute atomic E-state index is 0.0565. The number of amides is 1. The zero-order valence-electron chi connectivity index (χ0n) is 15.6. The molecule has 0 bridgehead atoms. The van der Waals surface area contributed by atoms with Crippen LogP contribution in [0.25, 0.3) is 0 Å². The van der Waals surface area contributed by atoms with E-state index >= 15 is 0 Å². The third-order valence-corrected chi connectivity index (χ3v) is 7.13. The molecule has 0 atom stereocenters. The van der Waals surface area contributed by atoms with Crippen LogP contribution in [0.1, 0.15) is 10.4 Å². The van der Waals surface area contributed by atoms with Gasteiger partial charge in [-0.2, -0.15) is 4.31 Å². The van der Waals surface area contributed by atoms with Crippen molar-refractivity contribution in [1.82, 2.24) is 9.29 Å². The van der Waals surface area contributed by atoms with Gasteiger partial charge in [-0.05, 0) is 46.3 Å². The minimum Gasteiger partial charge on any atom is -0.379 e. The molecule has 2 aromatic rings. The summed E-state index contributed by atoms with van der Waals surface area (Å²) >= 11 is 3.29. The molecule has 1 saturated heterocycles. The molecule has 150 valence electrons. The second-order valence-electron chi connectivity index (χ2n) is 6.38. The normalized spacial score (nSPS) is 15.2. The highest BCUT2D eigenvalue weighted by molar-refractivity contribution is 9.10. The third kappa shape index (κ3) is 4.35. The van der Waals surface area contributed by atoms with Crippen LogP contribution in [0.15, 0.2) is 45.9 Å². The molecule has 1 aromatic heterocycles. The summed E-state index contributed by atoms with van der Waals surface area (Å²) in [6.45, 7) is 1.27. The zero-order chi connectivity index (χ0) is 20.3. The number of aromatic nitrogens is 1. The van der Waals surface area contributed by atoms with Gasteiger partial charge in [-0.3, -0.25) is 4.79 Å². The summed E-state index contributed by atoms with van der Waals surface area (Å²) in [5, 5.41) is 2.80. The molecule has 1 aliphatic heterocycles. The van der Waals surface area contributed by atoms with E-state index in [1.54, 1.807) is 35.4 Å². The molecule has 1 fully saturated rings. The van der Waals surface area contributed by atoms with E-state index in [1.165, 1.54) is 10.4 Å². The van der Waals surface area contributed by atoms with Crippen molar-refractivity contribution in [1.29, 1.82) is 0 Å². The van der Waals surface area contributed by atoms with Gasteiger partial charge in [-0.15, -0.1) is 0 Å². The number of nitrogens with zero attached hydrogens (tertiary/aromatic N) is 3. The number of pyridine rings is 1. The lowest BCUT2D eigenvalue weighted by Crippen LogP contribution is -2.40. The number of sulfonamides is 1. The maximum atomic E-state index is 13.0. The lowest BCUT2D eigenvalue weighted by atomic mass is 10.2. The van der Waals surface area contributed by atoms with Gasteiger partial charge in [0.1, 0.15) is 0 Å². The van der Waals surface area contributed by atoms with Crippen LogP contribution in [0.4, 0.5) is 11.5 Å². The Morgan fingerprint density at radius 3 is 2.64 bits per heavy atom. The first-order valence-corrected chi connectivity index (χ1v) is 10.8. The quantitative estimate of drug-likeness (QED) is 0.722. The Morgan fingerprint density at radius 1 is 1.25 bits per heavy atom. The van der Waals surface area contributed by atoms with E-state index in [0.717, 1.165) is 0 Å². The fourth-order valence-corrected chi connectivity index (χ4v) is 5.17. The molecular weight excluding hydrogens is 448 g/mol. The van der Waals surface area contributed by atoms with Crippen LogP contribution < -0.4 is 10.2 Å². The SMILES string of the molecule is CN(C)c1ncccc1NC(=O)c1ccc(Br)c(S(=O)(=O)N2CCOCC2)c1. The van der Waals surface area contributed by atoms with Crippen LogP contribution in [-0.2, 0) is 14.8 Å². The molecule has 28 heavy (non-hydrogen) atoms. The van der Waals surface area contributed by atoms with Crippen LogP contribution in [0.2, 0.25) is 0 Å². The smallest absolute Gasteiger partial charge is 0.255 e. The van der Waals surface area contributed by atoms with Gasteiger partial charge in [-0.1, -0.05) is 0 Å². The Bertz CT molecular complexity index is 975. The monoisotopic (exact) mass is 468 g/mol. The molecule has 0 radical (unpaired) electrons. The van der Waals surface area contributed by atoms with Gasteiger partial charge in [0.2, 0.25) is 10.0 Å². The topological polar surface area (TPSA) is 91.8 Å². The van der Waals surface area contributed by atoms with Crippen LogP contribution in [-0.4, -0.2) is 64.0 Å². The van der Waals surface area contributed by atoms with E-state index in [2.05, 4.69) is 26.2 Å². The van der Waals surface area contributed by atoms with E-state index in [0.29, 0.717) is 29.2 Å². The minimum atomic E-state index is -3.74. The van der Waals surface area contributed by atoms with E-state index in [9.17, 15) is 13.2 Å². The van der Waals surface area contributed by atoms with Gasteiger partial charge >= 0.3 is 0 Å². The van der Waals surface area contributed by atoms with Crippen molar-refractivity contribution in [3.05, 3.63) is 46.6 Å². The molecule has 0 saturated carbocycles.